The number of hydrogen-bond acceptors (Lipinski definition) is 4. The third-order valence-corrected chi connectivity index (χ3v) is 3.51. The maximum absolute atomic E-state index is 12.4. The number of fused-ring (bicyclic) bond motifs is 1. The molecule has 0 fully saturated rings. The lowest BCUT2D eigenvalue weighted by molar-refractivity contribution is -0.0505. The molecule has 0 saturated heterocycles. The summed E-state index contributed by atoms with van der Waals surface area (Å²) in [7, 11) is 0. The Balaban J connectivity index is 1.63. The van der Waals surface area contributed by atoms with Crippen molar-refractivity contribution in [3.63, 3.8) is 0 Å². The Kier molecular flexibility index (Phi) is 4.62. The lowest BCUT2D eigenvalue weighted by Gasteiger charge is -2.12. The quantitative estimate of drug-likeness (QED) is 0.882. The largest absolute Gasteiger partial charge is 0.454 e. The number of benzene rings is 2. The predicted molar refractivity (Wildman–Crippen MR) is 80.9 cm³/mol. The van der Waals surface area contributed by atoms with E-state index in [0.717, 1.165) is 22.6 Å². The number of ether oxygens (including phenoxy) is 3. The smallest absolute Gasteiger partial charge is 0.387 e. The lowest BCUT2D eigenvalue weighted by Crippen LogP contribution is -2.14. The van der Waals surface area contributed by atoms with Crippen LogP contribution in [0.3, 0.4) is 0 Å². The Labute approximate surface area is 133 Å². The average Bonchev–Trinajstić information content (AvgIpc) is 2.97. The van der Waals surface area contributed by atoms with Crippen LogP contribution in [-0.4, -0.2) is 13.4 Å². The average molecular weight is 321 g/mol. The monoisotopic (exact) mass is 321 g/mol. The van der Waals surface area contributed by atoms with Gasteiger partial charge in [-0.25, -0.2) is 0 Å². The third kappa shape index (κ3) is 3.90. The Morgan fingerprint density at radius 3 is 2.74 bits per heavy atom. The van der Waals surface area contributed by atoms with Gasteiger partial charge in [0, 0.05) is 18.7 Å². The first-order valence-corrected chi connectivity index (χ1v) is 7.25. The molecule has 1 aliphatic rings. The molecule has 0 spiro atoms. The van der Waals surface area contributed by atoms with Crippen LogP contribution in [0.5, 0.6) is 17.2 Å². The SMILES string of the molecule is Cc1ccc(OC(F)F)c(CNCc2ccc3c(c2)OCO3)c1. The van der Waals surface area contributed by atoms with E-state index in [9.17, 15) is 8.78 Å². The summed E-state index contributed by atoms with van der Waals surface area (Å²) in [5.41, 5.74) is 2.72. The Hall–Kier alpha value is -2.34. The summed E-state index contributed by atoms with van der Waals surface area (Å²) in [6.07, 6.45) is 0. The van der Waals surface area contributed by atoms with Crippen LogP contribution in [0.2, 0.25) is 0 Å². The zero-order valence-electron chi connectivity index (χ0n) is 12.6. The molecule has 0 unspecified atom stereocenters. The van der Waals surface area contributed by atoms with Crippen LogP contribution < -0.4 is 19.5 Å². The highest BCUT2D eigenvalue weighted by Gasteiger charge is 2.13. The van der Waals surface area contributed by atoms with E-state index in [-0.39, 0.29) is 12.5 Å². The molecule has 0 saturated carbocycles. The summed E-state index contributed by atoms with van der Waals surface area (Å²) in [4.78, 5) is 0. The van der Waals surface area contributed by atoms with Gasteiger partial charge in [0.2, 0.25) is 6.79 Å². The summed E-state index contributed by atoms with van der Waals surface area (Å²) in [6.45, 7) is 0.333. The molecular weight excluding hydrogens is 304 g/mol. The topological polar surface area (TPSA) is 39.7 Å². The molecule has 23 heavy (non-hydrogen) atoms. The van der Waals surface area contributed by atoms with E-state index in [1.807, 2.05) is 31.2 Å². The first kappa shape index (κ1) is 15.6. The first-order valence-electron chi connectivity index (χ1n) is 7.25. The molecule has 122 valence electrons. The Morgan fingerprint density at radius 1 is 1.09 bits per heavy atom. The fourth-order valence-corrected chi connectivity index (χ4v) is 2.45. The Bertz CT molecular complexity index is 692. The molecule has 3 rings (SSSR count). The molecule has 0 aliphatic carbocycles. The van der Waals surface area contributed by atoms with Crippen LogP contribution in [0.25, 0.3) is 0 Å². The van der Waals surface area contributed by atoms with Crippen molar-refractivity contribution in [1.29, 1.82) is 0 Å². The van der Waals surface area contributed by atoms with Crippen LogP contribution in [0.1, 0.15) is 16.7 Å². The molecule has 1 N–H and O–H groups in total. The van der Waals surface area contributed by atoms with Crippen molar-refractivity contribution < 1.29 is 23.0 Å². The molecule has 6 heteroatoms. The summed E-state index contributed by atoms with van der Waals surface area (Å²) in [5.74, 6) is 1.66. The van der Waals surface area contributed by atoms with Gasteiger partial charge >= 0.3 is 6.61 Å². The van der Waals surface area contributed by atoms with E-state index < -0.39 is 6.61 Å². The van der Waals surface area contributed by atoms with E-state index in [1.54, 1.807) is 12.1 Å². The van der Waals surface area contributed by atoms with Gasteiger partial charge in [-0.1, -0.05) is 23.8 Å². The van der Waals surface area contributed by atoms with Crippen molar-refractivity contribution in [2.45, 2.75) is 26.6 Å². The molecule has 2 aromatic carbocycles. The molecule has 0 atom stereocenters. The molecule has 0 amide bonds. The lowest BCUT2D eigenvalue weighted by atomic mass is 10.1. The molecule has 4 nitrogen and oxygen atoms in total. The minimum Gasteiger partial charge on any atom is -0.454 e. The number of aryl methyl sites for hydroxylation is 1. The van der Waals surface area contributed by atoms with Crippen molar-refractivity contribution >= 4 is 0 Å². The van der Waals surface area contributed by atoms with Gasteiger partial charge in [0.25, 0.3) is 0 Å². The summed E-state index contributed by atoms with van der Waals surface area (Å²) in [6, 6.07) is 10.9. The minimum atomic E-state index is -2.83. The zero-order valence-corrected chi connectivity index (χ0v) is 12.6. The number of halogens is 2. The van der Waals surface area contributed by atoms with Crippen molar-refractivity contribution in [3.05, 3.63) is 53.1 Å². The maximum atomic E-state index is 12.4. The Morgan fingerprint density at radius 2 is 1.91 bits per heavy atom. The molecule has 0 bridgehead atoms. The van der Waals surface area contributed by atoms with E-state index in [0.29, 0.717) is 18.7 Å². The highest BCUT2D eigenvalue weighted by molar-refractivity contribution is 5.44. The van der Waals surface area contributed by atoms with Crippen LogP contribution in [-0.2, 0) is 13.1 Å². The van der Waals surface area contributed by atoms with E-state index in [2.05, 4.69) is 10.1 Å². The maximum Gasteiger partial charge on any atom is 0.387 e. The molecular formula is C17H17F2NO3. The molecule has 2 aromatic rings. The standard InChI is InChI=1S/C17H17F2NO3/c1-11-2-4-14(23-17(18)19)13(6-11)9-20-8-12-3-5-15-16(7-12)22-10-21-15/h2-7,17,20H,8-10H2,1H3. The van der Waals surface area contributed by atoms with Crippen molar-refractivity contribution in [2.75, 3.05) is 6.79 Å². The van der Waals surface area contributed by atoms with Crippen LogP contribution in [0.4, 0.5) is 8.78 Å². The third-order valence-electron chi connectivity index (χ3n) is 3.51. The van der Waals surface area contributed by atoms with Crippen LogP contribution >= 0.6 is 0 Å². The fraction of sp³-hybridized carbons (Fsp3) is 0.294. The number of rotatable bonds is 6. The van der Waals surface area contributed by atoms with Gasteiger partial charge in [-0.15, -0.1) is 0 Å². The second kappa shape index (κ2) is 6.83. The number of hydrogen-bond donors (Lipinski definition) is 1. The van der Waals surface area contributed by atoms with Gasteiger partial charge in [0.15, 0.2) is 11.5 Å². The summed E-state index contributed by atoms with van der Waals surface area (Å²) >= 11 is 0. The van der Waals surface area contributed by atoms with Gasteiger partial charge in [-0.2, -0.15) is 8.78 Å². The highest BCUT2D eigenvalue weighted by atomic mass is 19.3. The van der Waals surface area contributed by atoms with Crippen molar-refractivity contribution in [2.24, 2.45) is 0 Å². The molecule has 1 aliphatic heterocycles. The number of nitrogens with one attached hydrogen (secondary N) is 1. The molecule has 0 aromatic heterocycles. The first-order chi connectivity index (χ1) is 11.1. The molecule has 1 heterocycles. The van der Waals surface area contributed by atoms with Crippen LogP contribution in [0.15, 0.2) is 36.4 Å². The second-order valence-electron chi connectivity index (χ2n) is 5.28. The highest BCUT2D eigenvalue weighted by Crippen LogP contribution is 2.32. The van der Waals surface area contributed by atoms with Gasteiger partial charge in [-0.3, -0.25) is 0 Å². The predicted octanol–water partition coefficient (Wildman–Crippen LogP) is 3.61. The van der Waals surface area contributed by atoms with E-state index in [4.69, 9.17) is 9.47 Å². The van der Waals surface area contributed by atoms with Gasteiger partial charge in [0.05, 0.1) is 0 Å². The second-order valence-corrected chi connectivity index (χ2v) is 5.28. The van der Waals surface area contributed by atoms with Gasteiger partial charge in [0.1, 0.15) is 5.75 Å². The van der Waals surface area contributed by atoms with Crippen LogP contribution in [0, 0.1) is 6.92 Å². The summed E-state index contributed by atoms with van der Waals surface area (Å²) in [5, 5.41) is 3.23. The van der Waals surface area contributed by atoms with Gasteiger partial charge < -0.3 is 19.5 Å². The fourth-order valence-electron chi connectivity index (χ4n) is 2.45. The van der Waals surface area contributed by atoms with E-state index >= 15 is 0 Å². The van der Waals surface area contributed by atoms with Gasteiger partial charge in [-0.05, 0) is 30.7 Å². The van der Waals surface area contributed by atoms with Crippen molar-refractivity contribution in [3.8, 4) is 17.2 Å². The van der Waals surface area contributed by atoms with E-state index in [1.165, 1.54) is 0 Å². The number of alkyl halides is 2. The normalized spacial score (nSPS) is 12.7. The minimum absolute atomic E-state index is 0.198. The molecule has 0 radical (unpaired) electrons. The zero-order chi connectivity index (χ0) is 16.2. The van der Waals surface area contributed by atoms with Crippen molar-refractivity contribution in [1.82, 2.24) is 5.32 Å². The summed E-state index contributed by atoms with van der Waals surface area (Å²) < 4.78 is 40.0.